The summed E-state index contributed by atoms with van der Waals surface area (Å²) in [6, 6.07) is 17.6. The van der Waals surface area contributed by atoms with Crippen molar-refractivity contribution in [3.05, 3.63) is 67.3 Å². The molecule has 0 N–H and O–H groups in total. The second kappa shape index (κ2) is 6.40. The molecule has 96 valence electrons. The Bertz CT molecular complexity index is 561. The van der Waals surface area contributed by atoms with E-state index in [0.29, 0.717) is 5.75 Å². The van der Waals surface area contributed by atoms with Crippen molar-refractivity contribution in [2.45, 2.75) is 0 Å². The molecule has 0 radical (unpaired) electrons. The van der Waals surface area contributed by atoms with Crippen LogP contribution in [0.4, 0.5) is 0 Å². The van der Waals surface area contributed by atoms with E-state index in [-0.39, 0.29) is 6.79 Å². The molecule has 0 aliphatic heterocycles. The molecule has 2 rings (SSSR count). The zero-order valence-electron chi connectivity index (χ0n) is 10.4. The van der Waals surface area contributed by atoms with Crippen molar-refractivity contribution >= 4 is 5.97 Å². The molecule has 0 spiro atoms. The predicted octanol–water partition coefficient (Wildman–Crippen LogP) is 3.42. The minimum Gasteiger partial charge on any atom is -0.457 e. The highest BCUT2D eigenvalue weighted by molar-refractivity contribution is 5.81. The minimum atomic E-state index is -0.501. The molecule has 0 fully saturated rings. The highest BCUT2D eigenvalue weighted by Crippen LogP contribution is 2.23. The summed E-state index contributed by atoms with van der Waals surface area (Å²) in [4.78, 5) is 10.9. The van der Waals surface area contributed by atoms with Crippen LogP contribution in [0.3, 0.4) is 0 Å². The summed E-state index contributed by atoms with van der Waals surface area (Å²) in [6.45, 7) is 3.19. The quantitative estimate of drug-likeness (QED) is 0.466. The second-order valence-electron chi connectivity index (χ2n) is 3.82. The molecule has 0 bridgehead atoms. The Morgan fingerprint density at radius 2 is 1.79 bits per heavy atom. The van der Waals surface area contributed by atoms with Gasteiger partial charge in [0.1, 0.15) is 5.75 Å². The van der Waals surface area contributed by atoms with Gasteiger partial charge in [-0.1, -0.05) is 49.0 Å². The highest BCUT2D eigenvalue weighted by atomic mass is 16.7. The third kappa shape index (κ3) is 3.71. The Labute approximate surface area is 112 Å². The fraction of sp³-hybridized carbons (Fsp3) is 0.0625. The Morgan fingerprint density at radius 3 is 2.53 bits per heavy atom. The van der Waals surface area contributed by atoms with Crippen molar-refractivity contribution in [3.8, 4) is 16.9 Å². The third-order valence-corrected chi connectivity index (χ3v) is 2.53. The summed E-state index contributed by atoms with van der Waals surface area (Å²) in [5.41, 5.74) is 2.16. The summed E-state index contributed by atoms with van der Waals surface area (Å²) in [5.74, 6) is 0.150. The molecule has 0 atom stereocenters. The largest absolute Gasteiger partial charge is 0.457 e. The number of hydrogen-bond donors (Lipinski definition) is 0. The zero-order valence-corrected chi connectivity index (χ0v) is 10.4. The van der Waals surface area contributed by atoms with Crippen molar-refractivity contribution in [2.75, 3.05) is 6.79 Å². The summed E-state index contributed by atoms with van der Waals surface area (Å²) < 4.78 is 10.1. The summed E-state index contributed by atoms with van der Waals surface area (Å²) in [7, 11) is 0. The molecule has 0 unspecified atom stereocenters. The fourth-order valence-corrected chi connectivity index (χ4v) is 1.61. The average Bonchev–Trinajstić information content (AvgIpc) is 2.48. The van der Waals surface area contributed by atoms with Gasteiger partial charge in [-0.05, 0) is 23.3 Å². The van der Waals surface area contributed by atoms with E-state index in [4.69, 9.17) is 9.47 Å². The number of ether oxygens (including phenoxy) is 2. The monoisotopic (exact) mass is 254 g/mol. The van der Waals surface area contributed by atoms with Crippen LogP contribution in [0.15, 0.2) is 67.3 Å². The molecule has 2 aromatic carbocycles. The molecule has 0 aromatic heterocycles. The maximum absolute atomic E-state index is 10.9. The molecule has 2 aromatic rings. The van der Waals surface area contributed by atoms with Crippen LogP contribution >= 0.6 is 0 Å². The van der Waals surface area contributed by atoms with Crippen molar-refractivity contribution in [1.29, 1.82) is 0 Å². The minimum absolute atomic E-state index is 0.122. The number of hydrogen-bond acceptors (Lipinski definition) is 3. The SMILES string of the molecule is C=CC(=O)OCOc1cccc(-c2ccccc2)c1. The number of carbonyl (C=O) groups excluding carboxylic acids is 1. The Hall–Kier alpha value is -2.55. The van der Waals surface area contributed by atoms with Gasteiger partial charge < -0.3 is 9.47 Å². The van der Waals surface area contributed by atoms with Crippen LogP contribution in [-0.4, -0.2) is 12.8 Å². The van der Waals surface area contributed by atoms with Gasteiger partial charge in [-0.3, -0.25) is 0 Å². The van der Waals surface area contributed by atoms with E-state index >= 15 is 0 Å². The van der Waals surface area contributed by atoms with Gasteiger partial charge in [-0.15, -0.1) is 0 Å². The molecule has 3 nitrogen and oxygen atoms in total. The van der Waals surface area contributed by atoms with Gasteiger partial charge in [0, 0.05) is 6.08 Å². The predicted molar refractivity (Wildman–Crippen MR) is 73.7 cm³/mol. The molecular formula is C16H14O3. The maximum Gasteiger partial charge on any atom is 0.333 e. The normalized spacial score (nSPS) is 9.68. The van der Waals surface area contributed by atoms with Gasteiger partial charge >= 0.3 is 5.97 Å². The van der Waals surface area contributed by atoms with E-state index in [0.717, 1.165) is 17.2 Å². The zero-order chi connectivity index (χ0) is 13.5. The molecule has 19 heavy (non-hydrogen) atoms. The maximum atomic E-state index is 10.9. The third-order valence-electron chi connectivity index (χ3n) is 2.53. The molecule has 0 aliphatic rings. The molecule has 3 heteroatoms. The van der Waals surface area contributed by atoms with Crippen molar-refractivity contribution < 1.29 is 14.3 Å². The summed E-state index contributed by atoms with van der Waals surface area (Å²) in [5, 5.41) is 0. The van der Waals surface area contributed by atoms with Crippen LogP contribution in [0, 0.1) is 0 Å². The first kappa shape index (κ1) is 12.9. The second-order valence-corrected chi connectivity index (χ2v) is 3.82. The van der Waals surface area contributed by atoms with Crippen LogP contribution in [0.5, 0.6) is 5.75 Å². The van der Waals surface area contributed by atoms with Gasteiger partial charge in [-0.25, -0.2) is 4.79 Å². The smallest absolute Gasteiger partial charge is 0.333 e. The lowest BCUT2D eigenvalue weighted by molar-refractivity contribution is -0.144. The first-order valence-corrected chi connectivity index (χ1v) is 5.87. The number of carbonyl (C=O) groups is 1. The number of benzene rings is 2. The average molecular weight is 254 g/mol. The lowest BCUT2D eigenvalue weighted by atomic mass is 10.1. The van der Waals surface area contributed by atoms with Crippen LogP contribution in [0.25, 0.3) is 11.1 Å². The van der Waals surface area contributed by atoms with Crippen molar-refractivity contribution in [2.24, 2.45) is 0 Å². The number of esters is 1. The molecule has 0 saturated carbocycles. The van der Waals surface area contributed by atoms with E-state index in [1.807, 2.05) is 54.6 Å². The van der Waals surface area contributed by atoms with E-state index in [2.05, 4.69) is 6.58 Å². The molecular weight excluding hydrogens is 240 g/mol. The van der Waals surface area contributed by atoms with E-state index in [9.17, 15) is 4.79 Å². The Balaban J connectivity index is 2.03. The first-order chi connectivity index (χ1) is 9.29. The molecule has 0 saturated heterocycles. The lowest BCUT2D eigenvalue weighted by Crippen LogP contribution is -2.07. The van der Waals surface area contributed by atoms with E-state index < -0.39 is 5.97 Å². The van der Waals surface area contributed by atoms with Crippen LogP contribution in [0.2, 0.25) is 0 Å². The summed E-state index contributed by atoms with van der Waals surface area (Å²) >= 11 is 0. The van der Waals surface area contributed by atoms with Gasteiger partial charge in [0.25, 0.3) is 0 Å². The van der Waals surface area contributed by atoms with Gasteiger partial charge in [0.05, 0.1) is 0 Å². The Kier molecular flexibility index (Phi) is 4.34. The topological polar surface area (TPSA) is 35.5 Å². The lowest BCUT2D eigenvalue weighted by Gasteiger charge is -2.08. The van der Waals surface area contributed by atoms with Crippen molar-refractivity contribution in [3.63, 3.8) is 0 Å². The van der Waals surface area contributed by atoms with Crippen LogP contribution in [-0.2, 0) is 9.53 Å². The highest BCUT2D eigenvalue weighted by Gasteiger charge is 2.00. The standard InChI is InChI=1S/C16H14O3/c1-2-16(17)19-12-18-15-10-6-9-14(11-15)13-7-4-3-5-8-13/h2-11H,1,12H2. The Morgan fingerprint density at radius 1 is 1.05 bits per heavy atom. The molecule has 0 amide bonds. The summed E-state index contributed by atoms with van der Waals surface area (Å²) in [6.07, 6.45) is 1.10. The first-order valence-electron chi connectivity index (χ1n) is 5.87. The van der Waals surface area contributed by atoms with Gasteiger partial charge in [0.2, 0.25) is 6.79 Å². The van der Waals surface area contributed by atoms with E-state index in [1.165, 1.54) is 0 Å². The van der Waals surface area contributed by atoms with Gasteiger partial charge in [0.15, 0.2) is 0 Å². The van der Waals surface area contributed by atoms with Crippen LogP contribution in [0.1, 0.15) is 0 Å². The van der Waals surface area contributed by atoms with E-state index in [1.54, 1.807) is 0 Å². The van der Waals surface area contributed by atoms with Gasteiger partial charge in [-0.2, -0.15) is 0 Å². The van der Waals surface area contributed by atoms with Crippen LogP contribution < -0.4 is 4.74 Å². The molecule has 0 heterocycles. The van der Waals surface area contributed by atoms with Crippen molar-refractivity contribution in [1.82, 2.24) is 0 Å². The fourth-order valence-electron chi connectivity index (χ4n) is 1.61. The number of rotatable bonds is 5. The molecule has 0 aliphatic carbocycles.